The van der Waals surface area contributed by atoms with Crippen molar-refractivity contribution in [3.8, 4) is 11.4 Å². The fourth-order valence-electron chi connectivity index (χ4n) is 3.45. The number of hydrogen-bond donors (Lipinski definition) is 1. The van der Waals surface area contributed by atoms with Gasteiger partial charge in [-0.05, 0) is 43.5 Å². The van der Waals surface area contributed by atoms with Crippen molar-refractivity contribution >= 4 is 39.4 Å². The molecule has 1 aliphatic carbocycles. The molecule has 0 aliphatic heterocycles. The zero-order chi connectivity index (χ0) is 15.4. The van der Waals surface area contributed by atoms with Crippen molar-refractivity contribution in [3.63, 3.8) is 0 Å². The highest BCUT2D eigenvalue weighted by atomic mass is 32.1. The van der Waals surface area contributed by atoms with Crippen LogP contribution in [0.3, 0.4) is 0 Å². The molecular formula is C17H14N4S2. The highest BCUT2D eigenvalue weighted by Crippen LogP contribution is 2.38. The van der Waals surface area contributed by atoms with Gasteiger partial charge in [0.15, 0.2) is 5.65 Å². The predicted molar refractivity (Wildman–Crippen MR) is 95.6 cm³/mol. The second kappa shape index (κ2) is 4.97. The molecule has 0 saturated heterocycles. The summed E-state index contributed by atoms with van der Waals surface area (Å²) in [6.07, 6.45) is 4.80. The Bertz CT molecular complexity index is 1090. The number of rotatable bonds is 1. The van der Waals surface area contributed by atoms with Gasteiger partial charge in [-0.3, -0.25) is 9.50 Å². The molecule has 0 fully saturated rings. The second-order valence-electron chi connectivity index (χ2n) is 5.88. The number of thiophene rings is 1. The van der Waals surface area contributed by atoms with Gasteiger partial charge in [0.05, 0.1) is 5.39 Å². The van der Waals surface area contributed by atoms with E-state index in [2.05, 4.69) is 22.3 Å². The normalized spacial score (nSPS) is 14.4. The van der Waals surface area contributed by atoms with Gasteiger partial charge in [-0.25, -0.2) is 4.98 Å². The number of aromatic amines is 1. The summed E-state index contributed by atoms with van der Waals surface area (Å²) in [5.41, 5.74) is 3.41. The minimum Gasteiger partial charge on any atom is -0.251 e. The summed E-state index contributed by atoms with van der Waals surface area (Å²) in [6.45, 7) is 0. The van der Waals surface area contributed by atoms with E-state index < -0.39 is 0 Å². The average molecular weight is 338 g/mol. The highest BCUT2D eigenvalue weighted by Gasteiger charge is 2.22. The first-order valence-electron chi connectivity index (χ1n) is 7.80. The van der Waals surface area contributed by atoms with E-state index in [0.717, 1.165) is 34.7 Å². The molecule has 23 heavy (non-hydrogen) atoms. The van der Waals surface area contributed by atoms with Crippen LogP contribution < -0.4 is 0 Å². The van der Waals surface area contributed by atoms with Crippen LogP contribution in [0.25, 0.3) is 27.3 Å². The van der Waals surface area contributed by atoms with Gasteiger partial charge in [-0.2, -0.15) is 5.10 Å². The molecule has 1 N–H and O–H groups in total. The number of aryl methyl sites for hydroxylation is 2. The van der Waals surface area contributed by atoms with Crippen molar-refractivity contribution < 1.29 is 0 Å². The Morgan fingerprint density at radius 2 is 1.96 bits per heavy atom. The standard InChI is InChI=1S/C17H14N4S2/c22-17-20-19-15-13-11-8-4-5-9-12(11)23-16(13)18-14(21(15)17)10-6-2-1-3-7-10/h1-3,6-7H,4-5,8-9H2,(H,20,22). The van der Waals surface area contributed by atoms with Gasteiger partial charge in [-0.15, -0.1) is 11.3 Å². The van der Waals surface area contributed by atoms with E-state index >= 15 is 0 Å². The van der Waals surface area contributed by atoms with E-state index in [9.17, 15) is 0 Å². The lowest BCUT2D eigenvalue weighted by Gasteiger charge is -2.10. The lowest BCUT2D eigenvalue weighted by atomic mass is 9.97. The number of nitrogens with zero attached hydrogens (tertiary/aromatic N) is 3. The molecule has 0 unspecified atom stereocenters. The number of nitrogens with one attached hydrogen (secondary N) is 1. The Labute approximate surface area is 141 Å². The lowest BCUT2D eigenvalue weighted by molar-refractivity contribution is 0.700. The first kappa shape index (κ1) is 13.4. The SMILES string of the molecule is S=c1[nH]nc2c3c4c(sc3nc(-c3ccccc3)n12)CCCC4. The van der Waals surface area contributed by atoms with Gasteiger partial charge in [0, 0.05) is 10.4 Å². The Morgan fingerprint density at radius 3 is 2.83 bits per heavy atom. The Balaban J connectivity index is 1.95. The van der Waals surface area contributed by atoms with Crippen molar-refractivity contribution in [1.82, 2.24) is 19.6 Å². The highest BCUT2D eigenvalue weighted by molar-refractivity contribution is 7.71. The largest absolute Gasteiger partial charge is 0.251 e. The molecule has 5 rings (SSSR count). The molecule has 1 aromatic carbocycles. The number of hydrogen-bond acceptors (Lipinski definition) is 4. The number of H-pyrrole nitrogens is 1. The predicted octanol–water partition coefficient (Wildman–Crippen LogP) is 4.55. The molecule has 3 aromatic heterocycles. The first-order chi connectivity index (χ1) is 11.3. The van der Waals surface area contributed by atoms with Gasteiger partial charge >= 0.3 is 0 Å². The van der Waals surface area contributed by atoms with Crippen LogP contribution in [0.5, 0.6) is 0 Å². The lowest BCUT2D eigenvalue weighted by Crippen LogP contribution is -2.00. The van der Waals surface area contributed by atoms with Crippen LogP contribution in [0.15, 0.2) is 30.3 Å². The molecule has 114 valence electrons. The Morgan fingerprint density at radius 1 is 1.13 bits per heavy atom. The van der Waals surface area contributed by atoms with Crippen molar-refractivity contribution in [2.75, 3.05) is 0 Å². The maximum Gasteiger partial charge on any atom is 0.201 e. The Hall–Kier alpha value is -2.05. The minimum atomic E-state index is 0.601. The van der Waals surface area contributed by atoms with Crippen molar-refractivity contribution in [2.45, 2.75) is 25.7 Å². The summed E-state index contributed by atoms with van der Waals surface area (Å²) in [7, 11) is 0. The van der Waals surface area contributed by atoms with Crippen LogP contribution in [0.2, 0.25) is 0 Å². The van der Waals surface area contributed by atoms with E-state index in [1.165, 1.54) is 28.7 Å². The van der Waals surface area contributed by atoms with E-state index in [4.69, 9.17) is 17.2 Å². The molecule has 0 amide bonds. The third-order valence-corrected chi connectivity index (χ3v) is 5.96. The molecule has 0 atom stereocenters. The van der Waals surface area contributed by atoms with Gasteiger partial charge < -0.3 is 0 Å². The number of benzene rings is 1. The second-order valence-corrected chi connectivity index (χ2v) is 7.35. The number of aromatic nitrogens is 4. The smallest absolute Gasteiger partial charge is 0.201 e. The van der Waals surface area contributed by atoms with Crippen LogP contribution in [-0.4, -0.2) is 19.6 Å². The fourth-order valence-corrected chi connectivity index (χ4v) is 4.92. The van der Waals surface area contributed by atoms with Crippen LogP contribution >= 0.6 is 23.6 Å². The van der Waals surface area contributed by atoms with E-state index in [1.54, 1.807) is 0 Å². The van der Waals surface area contributed by atoms with Crippen LogP contribution in [0.4, 0.5) is 0 Å². The quantitative estimate of drug-likeness (QED) is 0.518. The molecule has 4 aromatic rings. The van der Waals surface area contributed by atoms with Gasteiger partial charge in [0.25, 0.3) is 0 Å². The molecule has 6 heteroatoms. The molecule has 0 saturated carbocycles. The van der Waals surface area contributed by atoms with Crippen molar-refractivity contribution in [2.24, 2.45) is 0 Å². The Kier molecular flexibility index (Phi) is 2.90. The maximum absolute atomic E-state index is 5.47. The van der Waals surface area contributed by atoms with Gasteiger partial charge in [0.2, 0.25) is 4.77 Å². The maximum atomic E-state index is 5.47. The molecular weight excluding hydrogens is 324 g/mol. The third-order valence-electron chi connectivity index (χ3n) is 4.50. The average Bonchev–Trinajstić information content (AvgIpc) is 3.15. The molecule has 0 spiro atoms. The summed E-state index contributed by atoms with van der Waals surface area (Å²) in [4.78, 5) is 7.52. The molecule has 3 heterocycles. The van der Waals surface area contributed by atoms with Crippen LogP contribution in [0, 0.1) is 4.77 Å². The molecule has 4 nitrogen and oxygen atoms in total. The monoisotopic (exact) mass is 338 g/mol. The summed E-state index contributed by atoms with van der Waals surface area (Å²) in [6, 6.07) is 10.2. The number of fused-ring (bicyclic) bond motifs is 5. The summed E-state index contributed by atoms with van der Waals surface area (Å²) < 4.78 is 2.58. The van der Waals surface area contributed by atoms with E-state index in [-0.39, 0.29) is 0 Å². The fraction of sp³-hybridized carbons (Fsp3) is 0.235. The van der Waals surface area contributed by atoms with Crippen LogP contribution in [0.1, 0.15) is 23.3 Å². The molecule has 0 bridgehead atoms. The molecule has 0 radical (unpaired) electrons. The summed E-state index contributed by atoms with van der Waals surface area (Å²) in [5, 5.41) is 8.67. The molecule has 1 aliphatic rings. The first-order valence-corrected chi connectivity index (χ1v) is 9.02. The van der Waals surface area contributed by atoms with Gasteiger partial charge in [-0.1, -0.05) is 30.3 Å². The van der Waals surface area contributed by atoms with E-state index in [0.29, 0.717) is 4.77 Å². The third kappa shape index (κ3) is 1.91. The van der Waals surface area contributed by atoms with Gasteiger partial charge in [0.1, 0.15) is 10.7 Å². The zero-order valence-electron chi connectivity index (χ0n) is 12.4. The summed E-state index contributed by atoms with van der Waals surface area (Å²) >= 11 is 7.29. The van der Waals surface area contributed by atoms with E-state index in [1.807, 2.05) is 33.9 Å². The topological polar surface area (TPSA) is 46.0 Å². The minimum absolute atomic E-state index is 0.601. The zero-order valence-corrected chi connectivity index (χ0v) is 14.0. The van der Waals surface area contributed by atoms with Crippen molar-refractivity contribution in [3.05, 3.63) is 45.5 Å². The van der Waals surface area contributed by atoms with Crippen molar-refractivity contribution in [1.29, 1.82) is 0 Å². The van der Waals surface area contributed by atoms with Crippen LogP contribution in [-0.2, 0) is 12.8 Å². The summed E-state index contributed by atoms with van der Waals surface area (Å²) in [5.74, 6) is 0.866.